The van der Waals surface area contributed by atoms with Crippen LogP contribution in [0.25, 0.3) is 5.76 Å². The molecule has 1 heterocycles. The summed E-state index contributed by atoms with van der Waals surface area (Å²) in [5.41, 5.74) is 0.138. The molecule has 0 radical (unpaired) electrons. The van der Waals surface area contributed by atoms with E-state index < -0.39 is 28.8 Å². The number of benzene rings is 1. The Kier molecular flexibility index (Phi) is 4.80. The molecule has 0 amide bonds. The lowest BCUT2D eigenvalue weighted by Gasteiger charge is -2.26. The number of carbonyl (C=O) groups excluding carboxylic acids is 1. The molecule has 2 rings (SSSR count). The molecule has 0 aliphatic carbocycles. The van der Waals surface area contributed by atoms with Gasteiger partial charge >= 0.3 is 0 Å². The van der Waals surface area contributed by atoms with Gasteiger partial charge in [0.05, 0.1) is 6.42 Å². The summed E-state index contributed by atoms with van der Waals surface area (Å²) in [6.07, 6.45) is 3.44. The Bertz CT molecular complexity index is 582. The van der Waals surface area contributed by atoms with Crippen LogP contribution in [0.3, 0.4) is 0 Å². The van der Waals surface area contributed by atoms with Crippen LogP contribution in [-0.2, 0) is 9.53 Å². The van der Waals surface area contributed by atoms with Crippen LogP contribution >= 0.6 is 0 Å². The van der Waals surface area contributed by atoms with Gasteiger partial charge in [-0.15, -0.1) is 0 Å². The Labute approximate surface area is 128 Å². The van der Waals surface area contributed by atoms with E-state index in [1.54, 1.807) is 0 Å². The number of hydrogen-bond acceptors (Lipinski definition) is 6. The fraction of sp³-hybridized carbons (Fsp3) is 0.438. The van der Waals surface area contributed by atoms with E-state index in [9.17, 15) is 25.2 Å². The van der Waals surface area contributed by atoms with E-state index >= 15 is 0 Å². The topological polar surface area (TPSA) is 107 Å². The maximum Gasteiger partial charge on any atom is 0.204 e. The second-order valence-electron chi connectivity index (χ2n) is 5.40. The van der Waals surface area contributed by atoms with E-state index in [1.807, 2.05) is 0 Å². The Balaban J connectivity index is 2.27. The van der Waals surface area contributed by atoms with Crippen molar-refractivity contribution in [1.29, 1.82) is 0 Å². The minimum atomic E-state index is -0.662. The maximum absolute atomic E-state index is 11.9. The molecule has 1 aromatic carbocycles. The van der Waals surface area contributed by atoms with E-state index in [2.05, 4.69) is 6.92 Å². The molecular weight excluding hydrogens is 288 g/mol. The maximum atomic E-state index is 11.9. The third-order valence-electron chi connectivity index (χ3n) is 3.64. The van der Waals surface area contributed by atoms with Gasteiger partial charge < -0.3 is 25.2 Å². The first-order valence-electron chi connectivity index (χ1n) is 7.32. The van der Waals surface area contributed by atoms with Crippen LogP contribution in [0.5, 0.6) is 17.2 Å². The standard InChI is InChI=1S/C16H20O6/c1-2-3-4-5-10-8-13(19)15(21)16(22-10)9-6-11(17)14(20)12(18)7-9/h6-7,10,17-18,20-21H,2-5,8H2,1H3. The molecule has 1 aromatic rings. The Morgan fingerprint density at radius 2 is 1.77 bits per heavy atom. The number of ether oxygens (including phenoxy) is 1. The van der Waals surface area contributed by atoms with Crippen molar-refractivity contribution in [2.24, 2.45) is 0 Å². The van der Waals surface area contributed by atoms with Crippen molar-refractivity contribution in [3.05, 3.63) is 23.5 Å². The third-order valence-corrected chi connectivity index (χ3v) is 3.64. The van der Waals surface area contributed by atoms with Crippen LogP contribution < -0.4 is 0 Å². The fourth-order valence-corrected chi connectivity index (χ4v) is 2.42. The minimum absolute atomic E-state index is 0.0802. The normalized spacial score (nSPS) is 18.4. The molecule has 1 aliphatic heterocycles. The van der Waals surface area contributed by atoms with Crippen LogP contribution in [0.2, 0.25) is 0 Å². The van der Waals surface area contributed by atoms with Crippen molar-refractivity contribution in [2.75, 3.05) is 0 Å². The number of phenolic OH excluding ortho intramolecular Hbond substituents is 3. The van der Waals surface area contributed by atoms with E-state index in [-0.39, 0.29) is 23.8 Å². The lowest BCUT2D eigenvalue weighted by molar-refractivity contribution is -0.121. The molecule has 0 saturated heterocycles. The van der Waals surface area contributed by atoms with Gasteiger partial charge in [-0.25, -0.2) is 0 Å². The van der Waals surface area contributed by atoms with Crippen molar-refractivity contribution < 1.29 is 30.0 Å². The van der Waals surface area contributed by atoms with Crippen molar-refractivity contribution in [3.8, 4) is 17.2 Å². The van der Waals surface area contributed by atoms with Crippen LogP contribution in [0, 0.1) is 0 Å². The van der Waals surface area contributed by atoms with Crippen molar-refractivity contribution in [3.63, 3.8) is 0 Å². The molecule has 0 aromatic heterocycles. The number of ketones is 1. The molecule has 0 saturated carbocycles. The van der Waals surface area contributed by atoms with Crippen molar-refractivity contribution in [2.45, 2.75) is 45.1 Å². The Morgan fingerprint density at radius 3 is 2.36 bits per heavy atom. The number of allylic oxidation sites excluding steroid dienone is 1. The van der Waals surface area contributed by atoms with E-state index in [4.69, 9.17) is 4.74 Å². The zero-order chi connectivity index (χ0) is 16.3. The number of rotatable bonds is 5. The molecule has 6 nitrogen and oxygen atoms in total. The summed E-state index contributed by atoms with van der Waals surface area (Å²) in [5.74, 6) is -2.82. The first kappa shape index (κ1) is 16.0. The zero-order valence-electron chi connectivity index (χ0n) is 12.4. The molecule has 4 N–H and O–H groups in total. The van der Waals surface area contributed by atoms with E-state index in [1.165, 1.54) is 0 Å². The molecule has 0 bridgehead atoms. The summed E-state index contributed by atoms with van der Waals surface area (Å²) in [6.45, 7) is 2.08. The van der Waals surface area contributed by atoms with E-state index in [0.717, 1.165) is 31.4 Å². The summed E-state index contributed by atoms with van der Waals surface area (Å²) < 4.78 is 5.66. The molecule has 1 atom stereocenters. The van der Waals surface area contributed by atoms with Gasteiger partial charge in [0.1, 0.15) is 6.10 Å². The van der Waals surface area contributed by atoms with Gasteiger partial charge in [0, 0.05) is 5.56 Å². The highest BCUT2D eigenvalue weighted by Crippen LogP contribution is 2.39. The second-order valence-corrected chi connectivity index (χ2v) is 5.40. The van der Waals surface area contributed by atoms with Crippen LogP contribution in [0.1, 0.15) is 44.6 Å². The average molecular weight is 308 g/mol. The van der Waals surface area contributed by atoms with Gasteiger partial charge in [0.15, 0.2) is 23.0 Å². The number of aromatic hydroxyl groups is 3. The predicted molar refractivity (Wildman–Crippen MR) is 79.6 cm³/mol. The number of unbranched alkanes of at least 4 members (excludes halogenated alkanes) is 2. The second kappa shape index (κ2) is 6.60. The monoisotopic (exact) mass is 308 g/mol. The molecule has 120 valence electrons. The summed E-state index contributed by atoms with van der Waals surface area (Å²) in [4.78, 5) is 11.9. The number of Topliss-reactive ketones (excluding diaryl/α,β-unsaturated/α-hetero) is 1. The van der Waals surface area contributed by atoms with Crippen LogP contribution in [0.4, 0.5) is 0 Å². The van der Waals surface area contributed by atoms with E-state index in [0.29, 0.717) is 6.42 Å². The highest BCUT2D eigenvalue weighted by Gasteiger charge is 2.30. The highest BCUT2D eigenvalue weighted by molar-refractivity contribution is 6.00. The van der Waals surface area contributed by atoms with Crippen molar-refractivity contribution in [1.82, 2.24) is 0 Å². The van der Waals surface area contributed by atoms with Gasteiger partial charge in [-0.1, -0.05) is 19.8 Å². The van der Waals surface area contributed by atoms with Gasteiger partial charge in [-0.2, -0.15) is 0 Å². The number of phenols is 3. The first-order valence-corrected chi connectivity index (χ1v) is 7.32. The molecule has 1 unspecified atom stereocenters. The highest BCUT2D eigenvalue weighted by atomic mass is 16.5. The van der Waals surface area contributed by atoms with Gasteiger partial charge in [-0.3, -0.25) is 4.79 Å². The smallest absolute Gasteiger partial charge is 0.204 e. The average Bonchev–Trinajstić information content (AvgIpc) is 2.48. The minimum Gasteiger partial charge on any atom is -0.504 e. The summed E-state index contributed by atoms with van der Waals surface area (Å²) in [6, 6.07) is 2.25. The molecule has 6 heteroatoms. The number of aliphatic hydroxyl groups excluding tert-OH is 1. The lowest BCUT2D eigenvalue weighted by atomic mass is 9.99. The SMILES string of the molecule is CCCCCC1CC(=O)C(O)=C(c2cc(O)c(O)c(O)c2)O1. The predicted octanol–water partition coefficient (Wildman–Crippen LogP) is 2.97. The third kappa shape index (κ3) is 3.27. The van der Waals surface area contributed by atoms with Gasteiger partial charge in [0.2, 0.25) is 11.5 Å². The van der Waals surface area contributed by atoms with Crippen LogP contribution in [-0.4, -0.2) is 32.3 Å². The Hall–Kier alpha value is -2.37. The van der Waals surface area contributed by atoms with Gasteiger partial charge in [0.25, 0.3) is 0 Å². The summed E-state index contributed by atoms with van der Waals surface area (Å²) in [7, 11) is 0. The number of hydrogen-bond donors (Lipinski definition) is 4. The van der Waals surface area contributed by atoms with Crippen molar-refractivity contribution >= 4 is 11.5 Å². The summed E-state index contributed by atoms with van der Waals surface area (Å²) in [5, 5.41) is 38.4. The lowest BCUT2D eigenvalue weighted by Crippen LogP contribution is -2.25. The Morgan fingerprint density at radius 1 is 1.14 bits per heavy atom. The number of carbonyl (C=O) groups is 1. The zero-order valence-corrected chi connectivity index (χ0v) is 12.4. The number of aliphatic hydroxyl groups is 1. The molecular formula is C16H20O6. The molecule has 0 spiro atoms. The molecule has 22 heavy (non-hydrogen) atoms. The molecule has 1 aliphatic rings. The van der Waals surface area contributed by atoms with Gasteiger partial charge in [-0.05, 0) is 25.0 Å². The molecule has 0 fully saturated rings. The fourth-order valence-electron chi connectivity index (χ4n) is 2.42. The van der Waals surface area contributed by atoms with Crippen LogP contribution in [0.15, 0.2) is 17.9 Å². The quantitative estimate of drug-likeness (QED) is 0.492. The largest absolute Gasteiger partial charge is 0.504 e. The first-order chi connectivity index (χ1) is 10.4. The summed E-state index contributed by atoms with van der Waals surface area (Å²) >= 11 is 0.